The van der Waals surface area contributed by atoms with Crippen molar-refractivity contribution in [2.75, 3.05) is 13.4 Å². The summed E-state index contributed by atoms with van der Waals surface area (Å²) in [4.78, 5) is 16.3. The van der Waals surface area contributed by atoms with Crippen molar-refractivity contribution in [1.82, 2.24) is 19.9 Å². The number of imidazole rings is 2. The molecule has 2 aromatic heterocycles. The number of hydrogen-bond donors (Lipinski definition) is 2. The van der Waals surface area contributed by atoms with E-state index in [4.69, 9.17) is 4.74 Å². The first kappa shape index (κ1) is 20.4. The number of nitrogens with zero attached hydrogens (tertiary/aromatic N) is 2. The highest BCUT2D eigenvalue weighted by atomic mass is 32.2. The van der Waals surface area contributed by atoms with Gasteiger partial charge in [0.25, 0.3) is 0 Å². The number of aromatic amines is 2. The zero-order valence-electron chi connectivity index (χ0n) is 17.6. The fourth-order valence-corrected chi connectivity index (χ4v) is 4.48. The van der Waals surface area contributed by atoms with E-state index in [2.05, 4.69) is 40.0 Å². The van der Waals surface area contributed by atoms with E-state index in [-0.39, 0.29) is 4.75 Å². The van der Waals surface area contributed by atoms with Crippen molar-refractivity contribution in [2.45, 2.75) is 24.2 Å². The lowest BCUT2D eigenvalue weighted by molar-refractivity contribution is -0.00953. The number of aromatic nitrogens is 4. The van der Waals surface area contributed by atoms with Crippen molar-refractivity contribution < 1.29 is 4.74 Å². The molecule has 0 saturated heterocycles. The first-order valence-electron chi connectivity index (χ1n) is 9.84. The van der Waals surface area contributed by atoms with E-state index in [1.54, 1.807) is 18.9 Å². The van der Waals surface area contributed by atoms with Crippen molar-refractivity contribution in [3.63, 3.8) is 0 Å². The van der Waals surface area contributed by atoms with Crippen LogP contribution >= 0.6 is 11.8 Å². The van der Waals surface area contributed by atoms with Gasteiger partial charge in [0.05, 0.1) is 28.5 Å². The maximum atomic E-state index is 6.30. The van der Waals surface area contributed by atoms with Crippen LogP contribution in [0.3, 0.4) is 0 Å². The highest BCUT2D eigenvalue weighted by molar-refractivity contribution is 8.00. The second kappa shape index (κ2) is 8.13. The third-order valence-corrected chi connectivity index (χ3v) is 6.98. The lowest BCUT2D eigenvalue weighted by atomic mass is 9.83. The molecule has 0 saturated carbocycles. The molecule has 0 atom stereocenters. The van der Waals surface area contributed by atoms with Crippen LogP contribution in [-0.4, -0.2) is 38.0 Å². The summed E-state index contributed by atoms with van der Waals surface area (Å²) in [6.07, 6.45) is 5.83. The number of benzene rings is 2. The van der Waals surface area contributed by atoms with Gasteiger partial charge in [-0.2, -0.15) is 11.8 Å². The second-order valence-corrected chi connectivity index (χ2v) is 9.05. The molecule has 5 nitrogen and oxygen atoms in total. The summed E-state index contributed by atoms with van der Waals surface area (Å²) in [5.41, 5.74) is 3.03. The van der Waals surface area contributed by atoms with Crippen LogP contribution in [0.1, 0.15) is 25.2 Å². The molecule has 4 aromatic rings. The first-order chi connectivity index (χ1) is 14.5. The van der Waals surface area contributed by atoms with E-state index in [0.29, 0.717) is 0 Å². The molecular weight excluding hydrogens is 392 g/mol. The minimum atomic E-state index is -0.799. The molecule has 0 bridgehead atoms. The van der Waals surface area contributed by atoms with Gasteiger partial charge in [0.1, 0.15) is 11.6 Å². The molecular formula is C24H26N4OS. The number of rotatable bonds is 7. The fourth-order valence-electron chi connectivity index (χ4n) is 3.89. The van der Waals surface area contributed by atoms with Crippen molar-refractivity contribution in [3.8, 4) is 22.8 Å². The van der Waals surface area contributed by atoms with Crippen LogP contribution in [0, 0.1) is 0 Å². The third kappa shape index (κ3) is 3.36. The zero-order chi connectivity index (χ0) is 21.2. The van der Waals surface area contributed by atoms with Gasteiger partial charge in [-0.25, -0.2) is 9.97 Å². The SMILES string of the molecule is COC(c1cnc(-c2ccccc2)[nH]1)(c1cnc(-c2ccccc2)[nH]1)C(C)(C)SC. The van der Waals surface area contributed by atoms with Crippen molar-refractivity contribution >= 4 is 11.8 Å². The summed E-state index contributed by atoms with van der Waals surface area (Å²) >= 11 is 1.74. The molecule has 0 aliphatic heterocycles. The molecule has 154 valence electrons. The Hall–Kier alpha value is -2.83. The van der Waals surface area contributed by atoms with E-state index in [1.165, 1.54) is 0 Å². The molecule has 6 heteroatoms. The van der Waals surface area contributed by atoms with Gasteiger partial charge in [-0.3, -0.25) is 0 Å². The number of hydrogen-bond acceptors (Lipinski definition) is 4. The minimum absolute atomic E-state index is 0.317. The molecule has 30 heavy (non-hydrogen) atoms. The van der Waals surface area contributed by atoms with Crippen LogP contribution in [0.25, 0.3) is 22.8 Å². The van der Waals surface area contributed by atoms with Gasteiger partial charge in [-0.05, 0) is 20.1 Å². The summed E-state index contributed by atoms with van der Waals surface area (Å²) in [6.45, 7) is 4.35. The molecule has 0 aliphatic rings. The van der Waals surface area contributed by atoms with Crippen LogP contribution in [0.2, 0.25) is 0 Å². The first-order valence-corrected chi connectivity index (χ1v) is 11.1. The Balaban J connectivity index is 1.85. The van der Waals surface area contributed by atoms with Crippen LogP contribution in [0.15, 0.2) is 73.1 Å². The number of thioether (sulfide) groups is 1. The molecule has 0 aliphatic carbocycles. The predicted octanol–water partition coefficient (Wildman–Crippen LogP) is 5.50. The summed E-state index contributed by atoms with van der Waals surface area (Å²) in [7, 11) is 1.74. The van der Waals surface area contributed by atoms with E-state index in [9.17, 15) is 0 Å². The monoisotopic (exact) mass is 418 g/mol. The third-order valence-electron chi connectivity index (χ3n) is 5.67. The topological polar surface area (TPSA) is 66.6 Å². The molecule has 0 fully saturated rings. The number of ether oxygens (including phenoxy) is 1. The lowest BCUT2D eigenvalue weighted by Crippen LogP contribution is -2.48. The van der Waals surface area contributed by atoms with Crippen LogP contribution in [0.4, 0.5) is 0 Å². The second-order valence-electron chi connectivity index (χ2n) is 7.62. The van der Waals surface area contributed by atoms with E-state index in [1.807, 2.05) is 73.1 Å². The quantitative estimate of drug-likeness (QED) is 0.416. The Kier molecular flexibility index (Phi) is 5.54. The van der Waals surface area contributed by atoms with Gasteiger partial charge >= 0.3 is 0 Å². The molecule has 0 amide bonds. The molecule has 2 heterocycles. The van der Waals surface area contributed by atoms with E-state index < -0.39 is 5.60 Å². The predicted molar refractivity (Wildman–Crippen MR) is 123 cm³/mol. The Labute approximate surface area is 181 Å². The molecule has 4 rings (SSSR count). The number of nitrogens with one attached hydrogen (secondary N) is 2. The van der Waals surface area contributed by atoms with Gasteiger partial charge < -0.3 is 14.7 Å². The maximum Gasteiger partial charge on any atom is 0.164 e. The van der Waals surface area contributed by atoms with Crippen molar-refractivity contribution in [3.05, 3.63) is 84.4 Å². The van der Waals surface area contributed by atoms with E-state index >= 15 is 0 Å². The smallest absolute Gasteiger partial charge is 0.164 e. The van der Waals surface area contributed by atoms with Gasteiger partial charge in [-0.1, -0.05) is 60.7 Å². The highest BCUT2D eigenvalue weighted by Gasteiger charge is 2.51. The van der Waals surface area contributed by atoms with Gasteiger partial charge in [0.2, 0.25) is 0 Å². The largest absolute Gasteiger partial charge is 0.364 e. The van der Waals surface area contributed by atoms with Gasteiger partial charge in [0.15, 0.2) is 5.60 Å². The standard InChI is InChI=1S/C24H26N4OS/c1-23(2,30-4)24(29-3,19-15-25-21(27-19)17-11-7-5-8-12-17)20-16-26-22(28-20)18-13-9-6-10-14-18/h5-16H,1-4H3,(H,25,27)(H,26,28). The maximum absolute atomic E-state index is 6.30. The highest BCUT2D eigenvalue weighted by Crippen LogP contribution is 2.48. The molecule has 0 spiro atoms. The molecule has 0 unspecified atom stereocenters. The van der Waals surface area contributed by atoms with Crippen LogP contribution < -0.4 is 0 Å². The molecule has 2 N–H and O–H groups in total. The van der Waals surface area contributed by atoms with Crippen LogP contribution in [0.5, 0.6) is 0 Å². The van der Waals surface area contributed by atoms with Gasteiger partial charge in [0, 0.05) is 18.2 Å². The molecule has 0 radical (unpaired) electrons. The Bertz CT molecular complexity index is 1020. The fraction of sp³-hybridized carbons (Fsp3) is 0.250. The molecule has 2 aromatic carbocycles. The van der Waals surface area contributed by atoms with E-state index in [0.717, 1.165) is 34.2 Å². The van der Waals surface area contributed by atoms with Gasteiger partial charge in [-0.15, -0.1) is 0 Å². The Morgan fingerprint density at radius 1 is 0.767 bits per heavy atom. The average molecular weight is 419 g/mol. The van der Waals surface area contributed by atoms with Crippen molar-refractivity contribution in [2.24, 2.45) is 0 Å². The minimum Gasteiger partial charge on any atom is -0.364 e. The van der Waals surface area contributed by atoms with Crippen LogP contribution in [-0.2, 0) is 10.3 Å². The summed E-state index contributed by atoms with van der Waals surface area (Å²) in [5.74, 6) is 1.62. The summed E-state index contributed by atoms with van der Waals surface area (Å²) in [6, 6.07) is 20.2. The lowest BCUT2D eigenvalue weighted by Gasteiger charge is -2.43. The number of methoxy groups -OCH3 is 1. The summed E-state index contributed by atoms with van der Waals surface area (Å²) < 4.78 is 5.98. The Morgan fingerprint density at radius 2 is 1.20 bits per heavy atom. The van der Waals surface area contributed by atoms with Crippen molar-refractivity contribution in [1.29, 1.82) is 0 Å². The normalized spacial score (nSPS) is 12.3. The zero-order valence-corrected chi connectivity index (χ0v) is 18.5. The summed E-state index contributed by atoms with van der Waals surface area (Å²) in [5, 5.41) is 0. The number of H-pyrrole nitrogens is 2. The average Bonchev–Trinajstić information content (AvgIpc) is 3.47. The Morgan fingerprint density at radius 3 is 1.57 bits per heavy atom.